The Kier molecular flexibility index (Phi) is 5.65. The number of piperidine rings is 1. The number of nitrogens with one attached hydrogen (secondary N) is 1. The highest BCUT2D eigenvalue weighted by Crippen LogP contribution is 2.40. The molecule has 0 unspecified atom stereocenters. The van der Waals surface area contributed by atoms with Crippen molar-refractivity contribution in [2.45, 2.75) is 26.2 Å². The number of anilines is 3. The lowest BCUT2D eigenvalue weighted by molar-refractivity contribution is 0.324. The standard InChI is InChI=1S/C19H26N4O3/c1-13-10-17(23-8-6-5-7-9-23)22-19(20-13)21-14-11-15(24-2)18(26-4)16(12-14)25-3/h10-12H,5-9H2,1-4H3,(H,20,21,22). The minimum atomic E-state index is 0.555. The molecule has 1 N–H and O–H groups in total. The van der Waals surface area contributed by atoms with E-state index in [4.69, 9.17) is 19.2 Å². The number of benzene rings is 1. The summed E-state index contributed by atoms with van der Waals surface area (Å²) in [6, 6.07) is 5.72. The molecule has 1 aliphatic heterocycles. The van der Waals surface area contributed by atoms with Crippen molar-refractivity contribution in [3.63, 3.8) is 0 Å². The van der Waals surface area contributed by atoms with Crippen molar-refractivity contribution in [1.82, 2.24) is 9.97 Å². The van der Waals surface area contributed by atoms with Crippen LogP contribution >= 0.6 is 0 Å². The van der Waals surface area contributed by atoms with Gasteiger partial charge in [-0.1, -0.05) is 0 Å². The monoisotopic (exact) mass is 358 g/mol. The molecule has 0 spiro atoms. The Bertz CT molecular complexity index is 735. The maximum atomic E-state index is 5.41. The summed E-state index contributed by atoms with van der Waals surface area (Å²) in [6.45, 7) is 4.07. The topological polar surface area (TPSA) is 68.7 Å². The van der Waals surface area contributed by atoms with Crippen molar-refractivity contribution in [3.05, 3.63) is 23.9 Å². The van der Waals surface area contributed by atoms with Gasteiger partial charge >= 0.3 is 0 Å². The third-order valence-corrected chi connectivity index (χ3v) is 4.44. The zero-order valence-electron chi connectivity index (χ0n) is 15.8. The van der Waals surface area contributed by atoms with Crippen molar-refractivity contribution < 1.29 is 14.2 Å². The maximum Gasteiger partial charge on any atom is 0.229 e. The Labute approximate surface area is 154 Å². The summed E-state index contributed by atoms with van der Waals surface area (Å²) in [4.78, 5) is 11.5. The van der Waals surface area contributed by atoms with Crippen LogP contribution in [-0.2, 0) is 0 Å². The van der Waals surface area contributed by atoms with Crippen LogP contribution in [0, 0.1) is 6.92 Å². The molecule has 0 aliphatic carbocycles. The van der Waals surface area contributed by atoms with Gasteiger partial charge in [0.15, 0.2) is 11.5 Å². The van der Waals surface area contributed by atoms with Gasteiger partial charge in [-0.05, 0) is 26.2 Å². The smallest absolute Gasteiger partial charge is 0.229 e. The van der Waals surface area contributed by atoms with E-state index in [0.29, 0.717) is 23.2 Å². The molecule has 2 heterocycles. The summed E-state index contributed by atoms with van der Waals surface area (Å²) in [5.41, 5.74) is 1.70. The van der Waals surface area contributed by atoms with E-state index in [2.05, 4.69) is 15.2 Å². The highest BCUT2D eigenvalue weighted by molar-refractivity contribution is 5.66. The minimum absolute atomic E-state index is 0.555. The van der Waals surface area contributed by atoms with Crippen LogP contribution in [0.15, 0.2) is 18.2 Å². The molecule has 0 bridgehead atoms. The second-order valence-electron chi connectivity index (χ2n) is 6.28. The minimum Gasteiger partial charge on any atom is -0.493 e. The second-order valence-corrected chi connectivity index (χ2v) is 6.28. The van der Waals surface area contributed by atoms with Gasteiger partial charge < -0.3 is 24.4 Å². The van der Waals surface area contributed by atoms with E-state index in [1.165, 1.54) is 19.3 Å². The number of hydrogen-bond acceptors (Lipinski definition) is 7. The van der Waals surface area contributed by atoms with Crippen LogP contribution in [0.3, 0.4) is 0 Å². The zero-order valence-corrected chi connectivity index (χ0v) is 15.8. The molecule has 0 radical (unpaired) electrons. The fourth-order valence-corrected chi connectivity index (χ4v) is 3.18. The first kappa shape index (κ1) is 18.1. The number of rotatable bonds is 6. The SMILES string of the molecule is COc1cc(Nc2nc(C)cc(N3CCCCC3)n2)cc(OC)c1OC. The van der Waals surface area contributed by atoms with Gasteiger partial charge in [0.1, 0.15) is 5.82 Å². The Morgan fingerprint density at radius 1 is 0.885 bits per heavy atom. The predicted molar refractivity (Wildman–Crippen MR) is 102 cm³/mol. The molecule has 1 aliphatic rings. The molecule has 26 heavy (non-hydrogen) atoms. The zero-order chi connectivity index (χ0) is 18.5. The van der Waals surface area contributed by atoms with Gasteiger partial charge in [-0.25, -0.2) is 4.98 Å². The van der Waals surface area contributed by atoms with Gasteiger partial charge in [0.05, 0.1) is 21.3 Å². The molecular formula is C19H26N4O3. The van der Waals surface area contributed by atoms with Gasteiger partial charge in [0.25, 0.3) is 0 Å². The second kappa shape index (κ2) is 8.12. The highest BCUT2D eigenvalue weighted by Gasteiger charge is 2.16. The number of aromatic nitrogens is 2. The molecule has 3 rings (SSSR count). The number of ether oxygens (including phenoxy) is 3. The summed E-state index contributed by atoms with van der Waals surface area (Å²) >= 11 is 0. The van der Waals surface area contributed by atoms with Crippen LogP contribution < -0.4 is 24.4 Å². The van der Waals surface area contributed by atoms with Crippen LogP contribution in [0.4, 0.5) is 17.5 Å². The summed E-state index contributed by atoms with van der Waals surface area (Å²) in [6.07, 6.45) is 3.70. The third-order valence-electron chi connectivity index (χ3n) is 4.44. The predicted octanol–water partition coefficient (Wildman–Crippen LogP) is 3.54. The first-order valence-electron chi connectivity index (χ1n) is 8.82. The Morgan fingerprint density at radius 3 is 2.12 bits per heavy atom. The fraction of sp³-hybridized carbons (Fsp3) is 0.474. The molecule has 1 aromatic carbocycles. The fourth-order valence-electron chi connectivity index (χ4n) is 3.18. The first-order chi connectivity index (χ1) is 12.6. The van der Waals surface area contributed by atoms with E-state index in [1.54, 1.807) is 21.3 Å². The Morgan fingerprint density at radius 2 is 1.54 bits per heavy atom. The molecule has 2 aromatic rings. The molecule has 0 atom stereocenters. The van der Waals surface area contributed by atoms with E-state index < -0.39 is 0 Å². The summed E-state index contributed by atoms with van der Waals surface area (Å²) in [7, 11) is 4.78. The van der Waals surface area contributed by atoms with Crippen LogP contribution in [0.1, 0.15) is 25.0 Å². The van der Waals surface area contributed by atoms with Crippen LogP contribution in [-0.4, -0.2) is 44.4 Å². The first-order valence-corrected chi connectivity index (χ1v) is 8.82. The average Bonchev–Trinajstić information content (AvgIpc) is 2.67. The lowest BCUT2D eigenvalue weighted by Crippen LogP contribution is -2.30. The molecule has 7 nitrogen and oxygen atoms in total. The Hall–Kier alpha value is -2.70. The number of aryl methyl sites for hydroxylation is 1. The van der Waals surface area contributed by atoms with Crippen LogP contribution in [0.5, 0.6) is 17.2 Å². The van der Waals surface area contributed by atoms with Crippen molar-refractivity contribution in [3.8, 4) is 17.2 Å². The summed E-state index contributed by atoms with van der Waals surface area (Å²) in [5.74, 6) is 3.24. The molecule has 7 heteroatoms. The summed E-state index contributed by atoms with van der Waals surface area (Å²) < 4.78 is 16.2. The largest absolute Gasteiger partial charge is 0.493 e. The van der Waals surface area contributed by atoms with E-state index in [1.807, 2.05) is 25.1 Å². The molecular weight excluding hydrogens is 332 g/mol. The number of methoxy groups -OCH3 is 3. The van der Waals surface area contributed by atoms with Crippen molar-refractivity contribution in [2.75, 3.05) is 44.6 Å². The van der Waals surface area contributed by atoms with E-state index in [-0.39, 0.29) is 0 Å². The molecule has 1 aromatic heterocycles. The summed E-state index contributed by atoms with van der Waals surface area (Å²) in [5, 5.41) is 3.26. The van der Waals surface area contributed by atoms with Crippen LogP contribution in [0.25, 0.3) is 0 Å². The quantitative estimate of drug-likeness (QED) is 0.847. The van der Waals surface area contributed by atoms with E-state index in [0.717, 1.165) is 30.3 Å². The average molecular weight is 358 g/mol. The van der Waals surface area contributed by atoms with Gasteiger partial charge in [0, 0.05) is 42.7 Å². The van der Waals surface area contributed by atoms with Gasteiger partial charge in [-0.2, -0.15) is 4.98 Å². The number of nitrogens with zero attached hydrogens (tertiary/aromatic N) is 3. The van der Waals surface area contributed by atoms with Crippen molar-refractivity contribution in [2.24, 2.45) is 0 Å². The van der Waals surface area contributed by atoms with Crippen molar-refractivity contribution >= 4 is 17.5 Å². The van der Waals surface area contributed by atoms with Crippen molar-refractivity contribution in [1.29, 1.82) is 0 Å². The maximum absolute atomic E-state index is 5.41. The number of hydrogen-bond donors (Lipinski definition) is 1. The highest BCUT2D eigenvalue weighted by atomic mass is 16.5. The molecule has 0 saturated carbocycles. The Balaban J connectivity index is 1.89. The lowest BCUT2D eigenvalue weighted by Gasteiger charge is -2.28. The molecule has 1 fully saturated rings. The molecule has 140 valence electrons. The normalized spacial score (nSPS) is 14.1. The van der Waals surface area contributed by atoms with E-state index >= 15 is 0 Å². The van der Waals surface area contributed by atoms with Gasteiger partial charge in [-0.3, -0.25) is 0 Å². The van der Waals surface area contributed by atoms with Gasteiger partial charge in [-0.15, -0.1) is 0 Å². The third kappa shape index (κ3) is 3.92. The lowest BCUT2D eigenvalue weighted by atomic mass is 10.1. The van der Waals surface area contributed by atoms with Crippen LogP contribution in [0.2, 0.25) is 0 Å². The van der Waals surface area contributed by atoms with Gasteiger partial charge in [0.2, 0.25) is 11.7 Å². The molecule has 0 amide bonds. The van der Waals surface area contributed by atoms with E-state index in [9.17, 15) is 0 Å². The molecule has 1 saturated heterocycles.